The molecular weight excluding hydrogens is 515 g/mol. The number of halogens is 2. The zero-order valence-electron chi connectivity index (χ0n) is 20.1. The summed E-state index contributed by atoms with van der Waals surface area (Å²) in [4.78, 5) is 3.99. The summed E-state index contributed by atoms with van der Waals surface area (Å²) in [5.41, 5.74) is 0.168. The Labute approximate surface area is 224 Å². The molecule has 2 aromatic carbocycles. The number of aliphatic hydroxyl groups is 1. The summed E-state index contributed by atoms with van der Waals surface area (Å²) < 4.78 is 27.3. The van der Waals surface area contributed by atoms with Crippen LogP contribution in [0.1, 0.15) is 23.6 Å². The van der Waals surface area contributed by atoms with Gasteiger partial charge < -0.3 is 14.6 Å². The van der Waals surface area contributed by atoms with E-state index in [1.807, 2.05) is 25.1 Å². The number of ether oxygens (including phenoxy) is 2. The average molecular weight is 541 g/mol. The molecule has 4 rings (SSSR count). The lowest BCUT2D eigenvalue weighted by Gasteiger charge is -2.37. The highest BCUT2D eigenvalue weighted by molar-refractivity contribution is 8.00. The Morgan fingerprint density at radius 1 is 1.27 bits per heavy atom. The van der Waals surface area contributed by atoms with Crippen LogP contribution >= 0.6 is 23.4 Å². The van der Waals surface area contributed by atoms with E-state index in [0.717, 1.165) is 5.56 Å². The van der Waals surface area contributed by atoms with E-state index in [-0.39, 0.29) is 22.6 Å². The van der Waals surface area contributed by atoms with Gasteiger partial charge in [-0.05, 0) is 35.9 Å². The lowest BCUT2D eigenvalue weighted by atomic mass is 9.90. The Balaban J connectivity index is 1.33. The van der Waals surface area contributed by atoms with Crippen molar-refractivity contribution in [1.82, 2.24) is 14.8 Å². The van der Waals surface area contributed by atoms with Crippen molar-refractivity contribution in [2.24, 2.45) is 0 Å². The Bertz CT molecular complexity index is 1270. The van der Waals surface area contributed by atoms with Crippen LogP contribution in [0, 0.1) is 17.1 Å². The van der Waals surface area contributed by atoms with Crippen LogP contribution in [0.25, 0.3) is 6.08 Å². The van der Waals surface area contributed by atoms with Gasteiger partial charge in [0.05, 0.1) is 36.6 Å². The first-order chi connectivity index (χ1) is 17.9. The summed E-state index contributed by atoms with van der Waals surface area (Å²) in [6.45, 7) is 3.08. The van der Waals surface area contributed by atoms with E-state index >= 15 is 0 Å². The van der Waals surface area contributed by atoms with Crippen molar-refractivity contribution in [3.8, 4) is 6.07 Å². The van der Waals surface area contributed by atoms with Crippen LogP contribution in [0.2, 0.25) is 5.02 Å². The van der Waals surface area contributed by atoms with Gasteiger partial charge in [-0.3, -0.25) is 0 Å². The number of hydrogen-bond acceptors (Lipinski definition) is 7. The Hall–Kier alpha value is -3.00. The van der Waals surface area contributed by atoms with Crippen molar-refractivity contribution < 1.29 is 19.0 Å². The van der Waals surface area contributed by atoms with Crippen LogP contribution in [-0.2, 0) is 21.6 Å². The van der Waals surface area contributed by atoms with Gasteiger partial charge in [0.1, 0.15) is 24.1 Å². The zero-order valence-corrected chi connectivity index (χ0v) is 21.6. The molecule has 1 aromatic heterocycles. The predicted octanol–water partition coefficient (Wildman–Crippen LogP) is 4.96. The molecule has 2 atom stereocenters. The molecule has 0 unspecified atom stereocenters. The molecule has 10 heteroatoms. The van der Waals surface area contributed by atoms with Gasteiger partial charge >= 0.3 is 0 Å². The number of hydrogen-bond donors (Lipinski definition) is 1. The fourth-order valence-electron chi connectivity index (χ4n) is 3.89. The van der Waals surface area contributed by atoms with E-state index in [4.69, 9.17) is 26.3 Å². The Kier molecular flexibility index (Phi) is 9.14. The first kappa shape index (κ1) is 27.0. The number of nitriles is 1. The molecule has 0 aliphatic carbocycles. The molecule has 1 fully saturated rings. The molecule has 2 heterocycles. The molecular formula is C27H26ClFN4O3S. The molecule has 1 aliphatic heterocycles. The standard InChI is InChI=1S/C27H26ClFN4O3S/c1-19(27(34,16-33-18-31-17-32-33)22-8-10-23(28)11-9-22)37-24-14-35-26(36-15-24)5-3-2-4-21-7-6-20(13-30)12-25(21)29/h2-12,17-19,24,26,34H,14-16H2,1H3/b4-2+,5-3+/t19-,24?,26?,27-/m1/s1. The fraction of sp³-hybridized carbons (Fsp3) is 0.296. The van der Waals surface area contributed by atoms with E-state index in [1.165, 1.54) is 12.4 Å². The highest BCUT2D eigenvalue weighted by Crippen LogP contribution is 2.37. The Morgan fingerprint density at radius 3 is 2.68 bits per heavy atom. The Morgan fingerprint density at radius 2 is 2.03 bits per heavy atom. The maximum atomic E-state index is 14.0. The smallest absolute Gasteiger partial charge is 0.177 e. The topological polar surface area (TPSA) is 93.2 Å². The van der Waals surface area contributed by atoms with Crippen molar-refractivity contribution in [3.63, 3.8) is 0 Å². The second kappa shape index (κ2) is 12.5. The van der Waals surface area contributed by atoms with Crippen LogP contribution in [0.3, 0.4) is 0 Å². The normalized spacial score (nSPS) is 20.6. The van der Waals surface area contributed by atoms with Gasteiger partial charge in [-0.25, -0.2) is 14.1 Å². The third-order valence-corrected chi connectivity index (χ3v) is 7.67. The number of benzene rings is 2. The summed E-state index contributed by atoms with van der Waals surface area (Å²) in [6.07, 6.45) is 9.28. The molecule has 0 radical (unpaired) electrons. The highest BCUT2D eigenvalue weighted by atomic mass is 35.5. The van der Waals surface area contributed by atoms with Crippen molar-refractivity contribution in [2.45, 2.75) is 35.9 Å². The zero-order chi connectivity index (χ0) is 26.3. The average Bonchev–Trinajstić information content (AvgIpc) is 3.41. The van der Waals surface area contributed by atoms with E-state index in [0.29, 0.717) is 23.8 Å². The van der Waals surface area contributed by atoms with Crippen molar-refractivity contribution in [1.29, 1.82) is 5.26 Å². The van der Waals surface area contributed by atoms with Crippen LogP contribution in [0.15, 0.2) is 73.3 Å². The monoisotopic (exact) mass is 540 g/mol. The minimum atomic E-state index is -1.23. The number of thioether (sulfide) groups is 1. The SMILES string of the molecule is C[C@@H](SC1COC(/C=C/C=C/c2ccc(C#N)cc2F)OC1)[C@](O)(Cn1cncn1)c1ccc(Cl)cc1. The summed E-state index contributed by atoms with van der Waals surface area (Å²) in [5.74, 6) is -0.453. The van der Waals surface area contributed by atoms with Crippen LogP contribution in [0.5, 0.6) is 0 Å². The van der Waals surface area contributed by atoms with Gasteiger partial charge in [-0.1, -0.05) is 55.0 Å². The van der Waals surface area contributed by atoms with E-state index in [2.05, 4.69) is 10.1 Å². The maximum absolute atomic E-state index is 14.0. The molecule has 1 N–H and O–H groups in total. The first-order valence-electron chi connectivity index (χ1n) is 11.6. The molecule has 37 heavy (non-hydrogen) atoms. The number of rotatable bonds is 9. The summed E-state index contributed by atoms with van der Waals surface area (Å²) >= 11 is 7.65. The van der Waals surface area contributed by atoms with Crippen molar-refractivity contribution in [3.05, 3.63) is 101 Å². The van der Waals surface area contributed by atoms with E-state index in [1.54, 1.807) is 71.3 Å². The third-order valence-electron chi connectivity index (χ3n) is 5.96. The van der Waals surface area contributed by atoms with Crippen molar-refractivity contribution in [2.75, 3.05) is 13.2 Å². The van der Waals surface area contributed by atoms with Gasteiger partial charge in [0.25, 0.3) is 0 Å². The van der Waals surface area contributed by atoms with Crippen LogP contribution in [-0.4, -0.2) is 49.9 Å². The van der Waals surface area contributed by atoms with E-state index < -0.39 is 17.7 Å². The molecule has 0 bridgehead atoms. The lowest BCUT2D eigenvalue weighted by Crippen LogP contribution is -2.43. The largest absolute Gasteiger partial charge is 0.382 e. The number of nitrogens with zero attached hydrogens (tertiary/aromatic N) is 4. The molecule has 0 spiro atoms. The second-order valence-corrected chi connectivity index (χ2v) is 10.6. The highest BCUT2D eigenvalue weighted by Gasteiger charge is 2.39. The van der Waals surface area contributed by atoms with E-state index in [9.17, 15) is 9.50 Å². The molecule has 3 aromatic rings. The summed E-state index contributed by atoms with van der Waals surface area (Å²) in [5, 5.41) is 25.2. The van der Waals surface area contributed by atoms with Gasteiger partial charge in [-0.2, -0.15) is 10.4 Å². The van der Waals surface area contributed by atoms with Crippen LogP contribution in [0.4, 0.5) is 4.39 Å². The molecule has 1 saturated heterocycles. The summed E-state index contributed by atoms with van der Waals surface area (Å²) in [6, 6.07) is 13.4. The van der Waals surface area contributed by atoms with Gasteiger partial charge in [0, 0.05) is 15.8 Å². The quantitative estimate of drug-likeness (QED) is 0.383. The first-order valence-corrected chi connectivity index (χ1v) is 12.9. The minimum Gasteiger partial charge on any atom is -0.382 e. The van der Waals surface area contributed by atoms with Gasteiger partial charge in [0.15, 0.2) is 6.29 Å². The van der Waals surface area contributed by atoms with Crippen molar-refractivity contribution >= 4 is 29.4 Å². The van der Waals surface area contributed by atoms with Crippen LogP contribution < -0.4 is 0 Å². The molecule has 1 aliphatic rings. The third kappa shape index (κ3) is 7.06. The second-order valence-electron chi connectivity index (χ2n) is 8.55. The minimum absolute atomic E-state index is 0.0116. The van der Waals surface area contributed by atoms with Gasteiger partial charge in [0.2, 0.25) is 0 Å². The molecule has 0 amide bonds. The van der Waals surface area contributed by atoms with Gasteiger partial charge in [-0.15, -0.1) is 11.8 Å². The fourth-order valence-corrected chi connectivity index (χ4v) is 5.35. The predicted molar refractivity (Wildman–Crippen MR) is 141 cm³/mol. The molecule has 0 saturated carbocycles. The summed E-state index contributed by atoms with van der Waals surface area (Å²) in [7, 11) is 0. The number of allylic oxidation sites excluding steroid dienone is 2. The molecule has 192 valence electrons. The maximum Gasteiger partial charge on any atom is 0.177 e. The number of aromatic nitrogens is 3. The lowest BCUT2D eigenvalue weighted by molar-refractivity contribution is -0.146. The molecule has 7 nitrogen and oxygen atoms in total.